The highest BCUT2D eigenvalue weighted by molar-refractivity contribution is 7.90. The Labute approximate surface area is 213 Å². The number of unbranched alkanes of at least 4 members (excludes halogenated alkanes) is 1. The summed E-state index contributed by atoms with van der Waals surface area (Å²) in [5.41, 5.74) is 1.31. The lowest BCUT2D eigenvalue weighted by Crippen LogP contribution is -2.38. The van der Waals surface area contributed by atoms with E-state index in [1.807, 2.05) is 24.3 Å². The lowest BCUT2D eigenvalue weighted by atomic mass is 9.95. The van der Waals surface area contributed by atoms with E-state index in [0.29, 0.717) is 12.2 Å². The van der Waals surface area contributed by atoms with Crippen molar-refractivity contribution >= 4 is 28.0 Å². The summed E-state index contributed by atoms with van der Waals surface area (Å²) in [6.45, 7) is 3.00. The summed E-state index contributed by atoms with van der Waals surface area (Å²) in [6, 6.07) is 14.4. The molecule has 0 aromatic heterocycles. The van der Waals surface area contributed by atoms with Gasteiger partial charge in [-0.15, -0.1) is 4.40 Å². The Balaban J connectivity index is 1.50. The zero-order chi connectivity index (χ0) is 25.4. The summed E-state index contributed by atoms with van der Waals surface area (Å²) >= 11 is 0. The van der Waals surface area contributed by atoms with Gasteiger partial charge in [-0.25, -0.2) is 5.01 Å². The number of rotatable bonds is 10. The van der Waals surface area contributed by atoms with Crippen LogP contribution in [-0.4, -0.2) is 50.6 Å². The van der Waals surface area contributed by atoms with Gasteiger partial charge in [0.25, 0.3) is 10.0 Å². The molecule has 1 N–H and O–H groups in total. The van der Waals surface area contributed by atoms with Gasteiger partial charge in [-0.05, 0) is 61.2 Å². The predicted octanol–water partition coefficient (Wildman–Crippen LogP) is 4.49. The highest BCUT2D eigenvalue weighted by atomic mass is 32.2. The van der Waals surface area contributed by atoms with Crippen LogP contribution in [0.2, 0.25) is 0 Å². The van der Waals surface area contributed by atoms with E-state index >= 15 is 0 Å². The number of hydrazone groups is 1. The van der Waals surface area contributed by atoms with Crippen molar-refractivity contribution in [3.63, 3.8) is 0 Å². The molecule has 0 spiro atoms. The second-order valence-electron chi connectivity index (χ2n) is 9.18. The van der Waals surface area contributed by atoms with Crippen molar-refractivity contribution in [1.29, 1.82) is 0 Å². The number of hydrogen-bond acceptors (Lipinski definition) is 6. The van der Waals surface area contributed by atoms with Gasteiger partial charge in [0.05, 0.1) is 19.4 Å². The largest absolute Gasteiger partial charge is 0.494 e. The fraction of sp³-hybridized carbons (Fsp3) is 0.444. The number of carbonyl (C=O) groups is 1. The molecule has 1 saturated carbocycles. The van der Waals surface area contributed by atoms with Crippen molar-refractivity contribution in [1.82, 2.24) is 10.3 Å². The quantitative estimate of drug-likeness (QED) is 0.288. The van der Waals surface area contributed by atoms with Gasteiger partial charge in [0.1, 0.15) is 10.6 Å². The van der Waals surface area contributed by atoms with Crippen LogP contribution in [-0.2, 0) is 14.8 Å². The van der Waals surface area contributed by atoms with Gasteiger partial charge in [-0.3, -0.25) is 4.79 Å². The summed E-state index contributed by atoms with van der Waals surface area (Å²) in [5, 5.41) is 9.18. The van der Waals surface area contributed by atoms with E-state index in [0.717, 1.165) is 49.8 Å². The van der Waals surface area contributed by atoms with Gasteiger partial charge >= 0.3 is 0 Å². The first kappa shape index (κ1) is 25.9. The molecule has 9 heteroatoms. The standard InChI is InChI=1S/C27H34N4O4S/c1-2-3-19-35-23-15-13-21(14-16-23)20-28-31(18-17-26(32)29-22-9-5-4-6-10-22)27-24-11-7-8-12-25(24)36(33,34)30-27/h7-8,11-16,20,22H,2-6,9-10,17-19H2,1H3,(H,29,32)/b28-20+. The van der Waals surface area contributed by atoms with Crippen LogP contribution in [0, 0.1) is 0 Å². The Bertz CT molecular complexity index is 1200. The summed E-state index contributed by atoms with van der Waals surface area (Å²) in [7, 11) is -3.81. The number of sulfonamides is 1. The Morgan fingerprint density at radius 2 is 1.89 bits per heavy atom. The molecule has 0 unspecified atom stereocenters. The second-order valence-corrected chi connectivity index (χ2v) is 10.7. The Kier molecular flexibility index (Phi) is 8.74. The molecule has 1 fully saturated rings. The van der Waals surface area contributed by atoms with Crippen LogP contribution in [0.1, 0.15) is 69.4 Å². The maximum Gasteiger partial charge on any atom is 0.285 e. The van der Waals surface area contributed by atoms with Crippen molar-refractivity contribution in [2.24, 2.45) is 9.50 Å². The van der Waals surface area contributed by atoms with Crippen molar-refractivity contribution < 1.29 is 17.9 Å². The minimum absolute atomic E-state index is 0.0644. The SMILES string of the molecule is CCCCOc1ccc(/C=N/N(CCC(=O)NC2CCCCC2)C2=NS(=O)(=O)c3ccccc32)cc1. The van der Waals surface area contributed by atoms with Gasteiger partial charge in [-0.1, -0.05) is 44.7 Å². The monoisotopic (exact) mass is 510 g/mol. The van der Waals surface area contributed by atoms with Crippen molar-refractivity contribution in [2.75, 3.05) is 13.2 Å². The third-order valence-corrected chi connectivity index (χ3v) is 7.70. The van der Waals surface area contributed by atoms with Crippen LogP contribution in [0.3, 0.4) is 0 Å². The van der Waals surface area contributed by atoms with E-state index in [4.69, 9.17) is 4.74 Å². The smallest absolute Gasteiger partial charge is 0.285 e. The molecule has 36 heavy (non-hydrogen) atoms. The highest BCUT2D eigenvalue weighted by Gasteiger charge is 2.32. The number of ether oxygens (including phenoxy) is 1. The number of carbonyl (C=O) groups excluding carboxylic acids is 1. The molecule has 1 aliphatic carbocycles. The van der Waals surface area contributed by atoms with Crippen LogP contribution < -0.4 is 10.1 Å². The number of hydrogen-bond donors (Lipinski definition) is 1. The topological polar surface area (TPSA) is 100 Å². The van der Waals surface area contributed by atoms with E-state index in [9.17, 15) is 13.2 Å². The van der Waals surface area contributed by atoms with Gasteiger partial charge in [0.2, 0.25) is 5.91 Å². The number of amidine groups is 1. The first-order valence-corrected chi connectivity index (χ1v) is 14.2. The van der Waals surface area contributed by atoms with Crippen molar-refractivity contribution in [3.05, 3.63) is 59.7 Å². The van der Waals surface area contributed by atoms with Gasteiger partial charge in [0, 0.05) is 18.0 Å². The summed E-state index contributed by atoms with van der Waals surface area (Å²) < 4.78 is 35.0. The normalized spacial score (nSPS) is 17.0. The summed E-state index contributed by atoms with van der Waals surface area (Å²) in [4.78, 5) is 12.8. The molecule has 2 aromatic carbocycles. The van der Waals surface area contributed by atoms with Crippen molar-refractivity contribution in [2.45, 2.75) is 69.2 Å². The molecule has 1 aliphatic heterocycles. The van der Waals surface area contributed by atoms with Crippen LogP contribution in [0.5, 0.6) is 5.75 Å². The molecule has 0 bridgehead atoms. The van der Waals surface area contributed by atoms with E-state index < -0.39 is 10.0 Å². The second kappa shape index (κ2) is 12.2. The molecule has 1 heterocycles. The third kappa shape index (κ3) is 6.72. The molecular weight excluding hydrogens is 476 g/mol. The van der Waals surface area contributed by atoms with E-state index in [2.05, 4.69) is 21.7 Å². The Hall–Kier alpha value is -3.20. The highest BCUT2D eigenvalue weighted by Crippen LogP contribution is 2.28. The lowest BCUT2D eigenvalue weighted by molar-refractivity contribution is -0.122. The zero-order valence-electron chi connectivity index (χ0n) is 20.7. The first-order valence-electron chi connectivity index (χ1n) is 12.7. The average molecular weight is 511 g/mol. The fourth-order valence-corrected chi connectivity index (χ4v) is 5.57. The fourth-order valence-electron chi connectivity index (χ4n) is 4.37. The Morgan fingerprint density at radius 3 is 2.64 bits per heavy atom. The number of benzene rings is 2. The lowest BCUT2D eigenvalue weighted by Gasteiger charge is -2.24. The maximum absolute atomic E-state index is 12.7. The molecule has 4 rings (SSSR count). The van der Waals surface area contributed by atoms with E-state index in [1.165, 1.54) is 17.5 Å². The van der Waals surface area contributed by atoms with E-state index in [1.54, 1.807) is 24.4 Å². The predicted molar refractivity (Wildman–Crippen MR) is 141 cm³/mol. The number of nitrogens with one attached hydrogen (secondary N) is 1. The van der Waals surface area contributed by atoms with Crippen LogP contribution in [0.15, 0.2) is 62.9 Å². The summed E-state index contributed by atoms with van der Waals surface area (Å²) in [5.74, 6) is 0.953. The average Bonchev–Trinajstić information content (AvgIpc) is 3.16. The van der Waals surface area contributed by atoms with Gasteiger partial charge in [-0.2, -0.15) is 13.5 Å². The first-order chi connectivity index (χ1) is 17.5. The zero-order valence-corrected chi connectivity index (χ0v) is 21.5. The molecule has 1 amide bonds. The summed E-state index contributed by atoms with van der Waals surface area (Å²) in [6.07, 6.45) is 9.39. The number of fused-ring (bicyclic) bond motifs is 1. The molecular formula is C27H34N4O4S. The van der Waals surface area contributed by atoms with Crippen LogP contribution in [0.25, 0.3) is 0 Å². The molecule has 192 valence electrons. The van der Waals surface area contributed by atoms with Crippen molar-refractivity contribution in [3.8, 4) is 5.75 Å². The van der Waals surface area contributed by atoms with Crippen LogP contribution in [0.4, 0.5) is 0 Å². The molecule has 2 aliphatic rings. The minimum Gasteiger partial charge on any atom is -0.494 e. The molecule has 2 aromatic rings. The number of amides is 1. The Morgan fingerprint density at radius 1 is 1.14 bits per heavy atom. The van der Waals surface area contributed by atoms with Gasteiger partial charge in [0.15, 0.2) is 5.84 Å². The van der Waals surface area contributed by atoms with E-state index in [-0.39, 0.29) is 35.6 Å². The molecule has 0 atom stereocenters. The van der Waals surface area contributed by atoms with Crippen LogP contribution >= 0.6 is 0 Å². The minimum atomic E-state index is -3.81. The number of nitrogens with zero attached hydrogens (tertiary/aromatic N) is 3. The third-order valence-electron chi connectivity index (χ3n) is 6.37. The molecule has 0 saturated heterocycles. The van der Waals surface area contributed by atoms with Gasteiger partial charge < -0.3 is 10.1 Å². The molecule has 0 radical (unpaired) electrons. The molecule has 8 nitrogen and oxygen atoms in total. The maximum atomic E-state index is 12.7.